The molecule has 42 heavy (non-hydrogen) atoms. The van der Waals surface area contributed by atoms with Crippen LogP contribution in [-0.4, -0.2) is 50.0 Å². The summed E-state index contributed by atoms with van der Waals surface area (Å²) >= 11 is 0. The monoisotopic (exact) mass is 595 g/mol. The highest BCUT2D eigenvalue weighted by Gasteiger charge is 2.33. The lowest BCUT2D eigenvalue weighted by Crippen LogP contribution is -2.54. The number of hydrogen-bond acceptors (Lipinski definition) is 4. The maximum atomic E-state index is 14.1. The molecule has 7 nitrogen and oxygen atoms in total. The second-order valence-electron chi connectivity index (χ2n) is 11.7. The zero-order chi connectivity index (χ0) is 31.1. The quantitative estimate of drug-likeness (QED) is 0.302. The SMILES string of the molecule is CCC(C)NC(=O)C(Cc1ccccc1)N(Cc1ccc(F)cc1)C(=O)CN(c1ccc(C(C)(C)C)cc1)S(C)(=O)=O. The van der Waals surface area contributed by atoms with Crippen molar-refractivity contribution in [2.24, 2.45) is 0 Å². The van der Waals surface area contributed by atoms with Crippen molar-refractivity contribution in [3.05, 3.63) is 101 Å². The molecule has 2 amide bonds. The van der Waals surface area contributed by atoms with Crippen LogP contribution in [0, 0.1) is 5.82 Å². The van der Waals surface area contributed by atoms with E-state index in [0.29, 0.717) is 17.7 Å². The van der Waals surface area contributed by atoms with Crippen LogP contribution in [0.3, 0.4) is 0 Å². The highest BCUT2D eigenvalue weighted by atomic mass is 32.2. The van der Waals surface area contributed by atoms with Crippen molar-refractivity contribution < 1.29 is 22.4 Å². The van der Waals surface area contributed by atoms with Crippen LogP contribution in [0.25, 0.3) is 0 Å². The summed E-state index contributed by atoms with van der Waals surface area (Å²) in [6, 6.07) is 21.1. The molecule has 226 valence electrons. The lowest BCUT2D eigenvalue weighted by molar-refractivity contribution is -0.140. The maximum Gasteiger partial charge on any atom is 0.244 e. The predicted octanol–water partition coefficient (Wildman–Crippen LogP) is 5.44. The Morgan fingerprint density at radius 2 is 1.50 bits per heavy atom. The molecule has 0 aliphatic rings. The molecule has 0 saturated carbocycles. The van der Waals surface area contributed by atoms with E-state index in [1.165, 1.54) is 17.0 Å². The Kier molecular flexibility index (Phi) is 10.9. The summed E-state index contributed by atoms with van der Waals surface area (Å²) in [4.78, 5) is 29.2. The first-order valence-corrected chi connectivity index (χ1v) is 16.0. The van der Waals surface area contributed by atoms with Crippen molar-refractivity contribution in [2.45, 2.75) is 71.5 Å². The molecule has 2 atom stereocenters. The fourth-order valence-electron chi connectivity index (χ4n) is 4.52. The van der Waals surface area contributed by atoms with Gasteiger partial charge in [0, 0.05) is 19.0 Å². The number of amides is 2. The number of anilines is 1. The average molecular weight is 596 g/mol. The molecule has 0 spiro atoms. The summed E-state index contributed by atoms with van der Waals surface area (Å²) in [6.45, 7) is 9.51. The van der Waals surface area contributed by atoms with Crippen LogP contribution < -0.4 is 9.62 Å². The first kappa shape index (κ1) is 32.8. The van der Waals surface area contributed by atoms with Crippen LogP contribution in [0.4, 0.5) is 10.1 Å². The summed E-state index contributed by atoms with van der Waals surface area (Å²) in [5, 5.41) is 2.99. The molecule has 0 heterocycles. The second-order valence-corrected chi connectivity index (χ2v) is 13.6. The number of carbonyl (C=O) groups is 2. The molecule has 0 aliphatic heterocycles. The van der Waals surface area contributed by atoms with Crippen LogP contribution >= 0.6 is 0 Å². The highest BCUT2D eigenvalue weighted by Crippen LogP contribution is 2.26. The van der Waals surface area contributed by atoms with Crippen molar-refractivity contribution in [1.29, 1.82) is 0 Å². The van der Waals surface area contributed by atoms with Crippen molar-refractivity contribution in [1.82, 2.24) is 10.2 Å². The van der Waals surface area contributed by atoms with Crippen LogP contribution in [0.15, 0.2) is 78.9 Å². The zero-order valence-corrected chi connectivity index (χ0v) is 26.1. The standard InChI is InChI=1S/C33H42FN3O4S/c1-7-24(2)35-32(39)30(21-25-11-9-8-10-12-25)36(22-26-13-17-28(34)18-14-26)31(38)23-37(42(6,40)41)29-19-15-27(16-20-29)33(3,4)5/h8-20,24,30H,7,21-23H2,1-6H3,(H,35,39). The number of sulfonamides is 1. The number of nitrogens with zero attached hydrogens (tertiary/aromatic N) is 2. The topological polar surface area (TPSA) is 86.8 Å². The zero-order valence-electron chi connectivity index (χ0n) is 25.3. The molecular weight excluding hydrogens is 553 g/mol. The lowest BCUT2D eigenvalue weighted by Gasteiger charge is -2.34. The van der Waals surface area contributed by atoms with Gasteiger partial charge >= 0.3 is 0 Å². The Hall–Kier alpha value is -3.72. The van der Waals surface area contributed by atoms with Gasteiger partial charge in [-0.2, -0.15) is 0 Å². The first-order valence-electron chi connectivity index (χ1n) is 14.2. The molecule has 0 fully saturated rings. The summed E-state index contributed by atoms with van der Waals surface area (Å²) in [5.41, 5.74) is 2.69. The van der Waals surface area contributed by atoms with Gasteiger partial charge in [0.05, 0.1) is 11.9 Å². The van der Waals surface area contributed by atoms with Crippen LogP contribution in [0.1, 0.15) is 57.7 Å². The minimum absolute atomic E-state index is 0.00883. The fourth-order valence-corrected chi connectivity index (χ4v) is 5.37. The third kappa shape index (κ3) is 9.14. The number of halogens is 1. The molecule has 0 aromatic heterocycles. The summed E-state index contributed by atoms with van der Waals surface area (Å²) in [7, 11) is -3.87. The molecule has 0 aliphatic carbocycles. The third-order valence-electron chi connectivity index (χ3n) is 7.24. The largest absolute Gasteiger partial charge is 0.352 e. The highest BCUT2D eigenvalue weighted by molar-refractivity contribution is 7.92. The van der Waals surface area contributed by atoms with Crippen LogP contribution in [0.2, 0.25) is 0 Å². The molecule has 0 saturated heterocycles. The van der Waals surface area contributed by atoms with Gasteiger partial charge < -0.3 is 10.2 Å². The first-order chi connectivity index (χ1) is 19.7. The lowest BCUT2D eigenvalue weighted by atomic mass is 9.87. The van der Waals surface area contributed by atoms with Gasteiger partial charge in [0.25, 0.3) is 0 Å². The molecule has 2 unspecified atom stereocenters. The van der Waals surface area contributed by atoms with Crippen LogP contribution in [0.5, 0.6) is 0 Å². The van der Waals surface area contributed by atoms with Gasteiger partial charge in [-0.25, -0.2) is 12.8 Å². The van der Waals surface area contributed by atoms with Gasteiger partial charge in [-0.05, 0) is 59.7 Å². The summed E-state index contributed by atoms with van der Waals surface area (Å²) in [5.74, 6) is -1.32. The smallest absolute Gasteiger partial charge is 0.244 e. The summed E-state index contributed by atoms with van der Waals surface area (Å²) < 4.78 is 40.7. The number of nitrogens with one attached hydrogen (secondary N) is 1. The Morgan fingerprint density at radius 3 is 2.02 bits per heavy atom. The van der Waals surface area contributed by atoms with E-state index in [1.807, 2.05) is 56.3 Å². The maximum absolute atomic E-state index is 14.1. The second kappa shape index (κ2) is 14.0. The van der Waals surface area contributed by atoms with Gasteiger partial charge in [-0.1, -0.05) is 82.3 Å². The van der Waals surface area contributed by atoms with Crippen LogP contribution in [-0.2, 0) is 38.0 Å². The Labute approximate surface area is 249 Å². The molecule has 0 bridgehead atoms. The Morgan fingerprint density at radius 1 is 0.905 bits per heavy atom. The van der Waals surface area contributed by atoms with Gasteiger partial charge in [0.1, 0.15) is 18.4 Å². The van der Waals surface area contributed by atoms with Gasteiger partial charge in [-0.3, -0.25) is 13.9 Å². The Balaban J connectivity index is 2.05. The van der Waals surface area contributed by atoms with E-state index < -0.39 is 34.3 Å². The van der Waals surface area contributed by atoms with E-state index in [4.69, 9.17) is 0 Å². The van der Waals surface area contributed by atoms with E-state index >= 15 is 0 Å². The predicted molar refractivity (Wildman–Crippen MR) is 166 cm³/mol. The molecule has 1 N–H and O–H groups in total. The minimum atomic E-state index is -3.87. The van der Waals surface area contributed by atoms with Crippen molar-refractivity contribution in [2.75, 3.05) is 17.1 Å². The van der Waals surface area contributed by atoms with E-state index in [9.17, 15) is 22.4 Å². The minimum Gasteiger partial charge on any atom is -0.352 e. The van der Waals surface area contributed by atoms with Crippen molar-refractivity contribution in [3.8, 4) is 0 Å². The molecule has 3 aromatic rings. The van der Waals surface area contributed by atoms with Gasteiger partial charge in [-0.15, -0.1) is 0 Å². The number of rotatable bonds is 12. The van der Waals surface area contributed by atoms with E-state index in [1.54, 1.807) is 24.3 Å². The number of carbonyl (C=O) groups excluding carboxylic acids is 2. The van der Waals surface area contributed by atoms with E-state index in [-0.39, 0.29) is 30.3 Å². The summed E-state index contributed by atoms with van der Waals surface area (Å²) in [6.07, 6.45) is 1.97. The van der Waals surface area contributed by atoms with E-state index in [0.717, 1.165) is 21.7 Å². The normalized spacial score (nSPS) is 13.2. The molecule has 3 aromatic carbocycles. The fraction of sp³-hybridized carbons (Fsp3) is 0.394. The van der Waals surface area contributed by atoms with Crippen molar-refractivity contribution >= 4 is 27.5 Å². The molecule has 9 heteroatoms. The Bertz CT molecular complexity index is 1440. The molecule has 3 rings (SSSR count). The number of hydrogen-bond donors (Lipinski definition) is 1. The molecule has 0 radical (unpaired) electrons. The van der Waals surface area contributed by atoms with Gasteiger partial charge in [0.2, 0.25) is 21.8 Å². The van der Waals surface area contributed by atoms with E-state index in [2.05, 4.69) is 26.1 Å². The number of benzene rings is 3. The third-order valence-corrected chi connectivity index (χ3v) is 8.38. The van der Waals surface area contributed by atoms with Gasteiger partial charge in [0.15, 0.2) is 0 Å². The molecular formula is C33H42FN3O4S. The average Bonchev–Trinajstić information content (AvgIpc) is 2.94. The van der Waals surface area contributed by atoms with Crippen molar-refractivity contribution in [3.63, 3.8) is 0 Å².